The van der Waals surface area contributed by atoms with Gasteiger partial charge in [0.05, 0.1) is 6.54 Å². The van der Waals surface area contributed by atoms with Crippen LogP contribution in [-0.4, -0.2) is 15.2 Å². The molecule has 0 bridgehead atoms. The average Bonchev–Trinajstić information content (AvgIpc) is 2.78. The van der Waals surface area contributed by atoms with Crippen molar-refractivity contribution in [3.63, 3.8) is 0 Å². The van der Waals surface area contributed by atoms with E-state index in [1.807, 2.05) is 19.1 Å². The Morgan fingerprint density at radius 1 is 1.41 bits per heavy atom. The van der Waals surface area contributed by atoms with Gasteiger partial charge in [-0.1, -0.05) is 29.3 Å². The van der Waals surface area contributed by atoms with Crippen molar-refractivity contribution >= 4 is 23.2 Å². The second-order valence-corrected chi connectivity index (χ2v) is 4.54. The Kier molecular flexibility index (Phi) is 3.99. The Bertz CT molecular complexity index is 484. The molecule has 17 heavy (non-hydrogen) atoms. The lowest BCUT2D eigenvalue weighted by molar-refractivity contribution is 0.560. The Morgan fingerprint density at radius 3 is 2.88 bits per heavy atom. The van der Waals surface area contributed by atoms with Crippen LogP contribution in [0.5, 0.6) is 0 Å². The van der Waals surface area contributed by atoms with Gasteiger partial charge in [0, 0.05) is 16.1 Å². The average molecular weight is 271 g/mol. The van der Waals surface area contributed by atoms with Crippen LogP contribution in [0.2, 0.25) is 10.0 Å². The van der Waals surface area contributed by atoms with Gasteiger partial charge in [0.25, 0.3) is 0 Å². The molecule has 1 aromatic heterocycles. The number of H-pyrrole nitrogens is 1. The number of nitrogens with zero attached hydrogens (tertiary/aromatic N) is 2. The number of aromatic amines is 1. The zero-order chi connectivity index (χ0) is 12.3. The second-order valence-electron chi connectivity index (χ2n) is 3.70. The highest BCUT2D eigenvalue weighted by Crippen LogP contribution is 2.26. The number of benzene rings is 1. The van der Waals surface area contributed by atoms with Crippen molar-refractivity contribution in [3.05, 3.63) is 46.0 Å². The van der Waals surface area contributed by atoms with E-state index in [0.717, 1.165) is 11.4 Å². The monoisotopic (exact) mass is 270 g/mol. The predicted octanol–water partition coefficient (Wildman–Crippen LogP) is 2.96. The number of aromatic nitrogens is 3. The van der Waals surface area contributed by atoms with Crippen molar-refractivity contribution in [2.45, 2.75) is 19.5 Å². The molecule has 0 aliphatic carbocycles. The van der Waals surface area contributed by atoms with Crippen LogP contribution in [0.4, 0.5) is 0 Å². The summed E-state index contributed by atoms with van der Waals surface area (Å²) in [6.45, 7) is 2.64. The Labute approximate surface area is 109 Å². The van der Waals surface area contributed by atoms with Crippen LogP contribution in [0.25, 0.3) is 0 Å². The first-order valence-corrected chi connectivity index (χ1v) is 5.95. The van der Waals surface area contributed by atoms with Gasteiger partial charge in [-0.05, 0) is 24.6 Å². The third kappa shape index (κ3) is 3.19. The van der Waals surface area contributed by atoms with Gasteiger partial charge in [-0.15, -0.1) is 0 Å². The molecule has 2 rings (SSSR count). The summed E-state index contributed by atoms with van der Waals surface area (Å²) in [7, 11) is 0. The summed E-state index contributed by atoms with van der Waals surface area (Å²) in [5, 5.41) is 11.2. The van der Waals surface area contributed by atoms with Crippen LogP contribution in [0.15, 0.2) is 24.5 Å². The first-order chi connectivity index (χ1) is 8.16. The SMILES string of the molecule is CC(NCc1ncn[nH]1)c1ccc(Cl)cc1Cl. The van der Waals surface area contributed by atoms with E-state index in [0.29, 0.717) is 16.6 Å². The molecule has 0 fully saturated rings. The molecule has 4 nitrogen and oxygen atoms in total. The summed E-state index contributed by atoms with van der Waals surface area (Å²) >= 11 is 12.0. The molecular weight excluding hydrogens is 259 g/mol. The van der Waals surface area contributed by atoms with Crippen LogP contribution < -0.4 is 5.32 Å². The van der Waals surface area contributed by atoms with Crippen LogP contribution in [-0.2, 0) is 6.54 Å². The highest BCUT2D eigenvalue weighted by Gasteiger charge is 2.10. The molecule has 6 heteroatoms. The van der Waals surface area contributed by atoms with Gasteiger partial charge in [0.15, 0.2) is 0 Å². The van der Waals surface area contributed by atoms with Crippen molar-refractivity contribution < 1.29 is 0 Å². The van der Waals surface area contributed by atoms with Gasteiger partial charge in [0.1, 0.15) is 12.2 Å². The summed E-state index contributed by atoms with van der Waals surface area (Å²) in [5.74, 6) is 0.793. The number of halogens is 2. The van der Waals surface area contributed by atoms with Crippen LogP contribution in [0, 0.1) is 0 Å². The fraction of sp³-hybridized carbons (Fsp3) is 0.273. The van der Waals surface area contributed by atoms with E-state index in [-0.39, 0.29) is 6.04 Å². The summed E-state index contributed by atoms with van der Waals surface area (Å²) in [6.07, 6.45) is 1.48. The predicted molar refractivity (Wildman–Crippen MR) is 68.1 cm³/mol. The first-order valence-electron chi connectivity index (χ1n) is 5.19. The fourth-order valence-electron chi connectivity index (χ4n) is 1.53. The Balaban J connectivity index is 2.01. The minimum Gasteiger partial charge on any atom is -0.303 e. The second kappa shape index (κ2) is 5.49. The summed E-state index contributed by atoms with van der Waals surface area (Å²) < 4.78 is 0. The highest BCUT2D eigenvalue weighted by atomic mass is 35.5. The normalized spacial score (nSPS) is 12.6. The van der Waals surface area contributed by atoms with E-state index in [1.165, 1.54) is 6.33 Å². The minimum atomic E-state index is 0.116. The van der Waals surface area contributed by atoms with Gasteiger partial charge in [-0.2, -0.15) is 5.10 Å². The van der Waals surface area contributed by atoms with Crippen molar-refractivity contribution in [2.24, 2.45) is 0 Å². The van der Waals surface area contributed by atoms with Gasteiger partial charge >= 0.3 is 0 Å². The lowest BCUT2D eigenvalue weighted by atomic mass is 10.1. The molecule has 0 amide bonds. The van der Waals surface area contributed by atoms with Gasteiger partial charge < -0.3 is 5.32 Å². The van der Waals surface area contributed by atoms with Gasteiger partial charge in [0.2, 0.25) is 0 Å². The van der Waals surface area contributed by atoms with E-state index in [2.05, 4.69) is 20.5 Å². The maximum absolute atomic E-state index is 6.12. The van der Waals surface area contributed by atoms with E-state index in [4.69, 9.17) is 23.2 Å². The molecule has 0 saturated carbocycles. The van der Waals surface area contributed by atoms with Crippen molar-refractivity contribution in [1.82, 2.24) is 20.5 Å². The number of rotatable bonds is 4. The zero-order valence-electron chi connectivity index (χ0n) is 9.24. The molecule has 0 radical (unpaired) electrons. The number of hydrogen-bond acceptors (Lipinski definition) is 3. The third-order valence-corrected chi connectivity index (χ3v) is 3.03. The molecular formula is C11H12Cl2N4. The van der Waals surface area contributed by atoms with Crippen LogP contribution in [0.1, 0.15) is 24.4 Å². The van der Waals surface area contributed by atoms with E-state index in [9.17, 15) is 0 Å². The summed E-state index contributed by atoms with van der Waals surface area (Å²) in [4.78, 5) is 4.04. The first kappa shape index (κ1) is 12.4. The quantitative estimate of drug-likeness (QED) is 0.898. The molecule has 2 aromatic rings. The maximum Gasteiger partial charge on any atom is 0.138 e. The van der Waals surface area contributed by atoms with E-state index in [1.54, 1.807) is 6.07 Å². The smallest absolute Gasteiger partial charge is 0.138 e. The fourth-order valence-corrected chi connectivity index (χ4v) is 2.10. The molecule has 0 saturated heterocycles. The lowest BCUT2D eigenvalue weighted by Gasteiger charge is -2.14. The Morgan fingerprint density at radius 2 is 2.24 bits per heavy atom. The largest absolute Gasteiger partial charge is 0.303 e. The molecule has 1 atom stereocenters. The molecule has 2 N–H and O–H groups in total. The van der Waals surface area contributed by atoms with Crippen molar-refractivity contribution in [3.8, 4) is 0 Å². The minimum absolute atomic E-state index is 0.116. The Hall–Kier alpha value is -1.10. The standard InChI is InChI=1S/C11H12Cl2N4/c1-7(14-5-11-15-6-16-17-11)9-3-2-8(12)4-10(9)13/h2-4,6-7,14H,5H2,1H3,(H,15,16,17). The third-order valence-electron chi connectivity index (χ3n) is 2.47. The maximum atomic E-state index is 6.12. The van der Waals surface area contributed by atoms with Gasteiger partial charge in [-0.3, -0.25) is 5.10 Å². The highest BCUT2D eigenvalue weighted by molar-refractivity contribution is 6.35. The molecule has 90 valence electrons. The molecule has 0 aliphatic rings. The summed E-state index contributed by atoms with van der Waals surface area (Å²) in [6, 6.07) is 5.60. The summed E-state index contributed by atoms with van der Waals surface area (Å²) in [5.41, 5.74) is 1.01. The van der Waals surface area contributed by atoms with Crippen molar-refractivity contribution in [2.75, 3.05) is 0 Å². The molecule has 0 spiro atoms. The van der Waals surface area contributed by atoms with E-state index >= 15 is 0 Å². The van der Waals surface area contributed by atoms with Crippen molar-refractivity contribution in [1.29, 1.82) is 0 Å². The van der Waals surface area contributed by atoms with Gasteiger partial charge in [-0.25, -0.2) is 4.98 Å². The topological polar surface area (TPSA) is 53.6 Å². The zero-order valence-corrected chi connectivity index (χ0v) is 10.8. The van der Waals surface area contributed by atoms with E-state index < -0.39 is 0 Å². The lowest BCUT2D eigenvalue weighted by Crippen LogP contribution is -2.19. The molecule has 0 aliphatic heterocycles. The van der Waals surface area contributed by atoms with Crippen LogP contribution in [0.3, 0.4) is 0 Å². The van der Waals surface area contributed by atoms with Crippen LogP contribution >= 0.6 is 23.2 Å². The number of nitrogens with one attached hydrogen (secondary N) is 2. The molecule has 1 unspecified atom stereocenters. The molecule has 1 aromatic carbocycles. The molecule has 1 heterocycles. The number of hydrogen-bond donors (Lipinski definition) is 2.